The minimum absolute atomic E-state index is 0.00351. The summed E-state index contributed by atoms with van der Waals surface area (Å²) in [5, 5.41) is 20.7. The molecule has 4 aliphatic carbocycles. The fraction of sp³-hybridized carbons (Fsp3) is 0.923. The second-order valence-electron chi connectivity index (χ2n) is 17.5. The number of amides is 1. The van der Waals surface area contributed by atoms with Crippen LogP contribution in [0.5, 0.6) is 0 Å². The monoisotopic (exact) mass is 670 g/mol. The number of carbonyl (C=O) groups is 1. The summed E-state index contributed by atoms with van der Waals surface area (Å²) in [6.07, 6.45) is 18.7. The third-order valence-corrected chi connectivity index (χ3v) is 14.3. The SMILES string of the molecule is CCCC(NC1NCN1)N(C(=O)OC1CCC2(C)C(=CCC3C2CCC2(C)C(C(C)CCCC(C)C)CCC32)C1)C(CC)NC1NCN1. The number of nitrogens with zero attached hydrogens (tertiary/aromatic N) is 1. The fourth-order valence-corrected chi connectivity index (χ4v) is 11.4. The number of carbonyl (C=O) groups excluding carboxylic acids is 1. The Bertz CT molecular complexity index is 1110. The van der Waals surface area contributed by atoms with Crippen molar-refractivity contribution in [3.63, 3.8) is 0 Å². The lowest BCUT2D eigenvalue weighted by molar-refractivity contribution is -0.0617. The molecule has 1 amide bonds. The second kappa shape index (κ2) is 15.6. The van der Waals surface area contributed by atoms with Gasteiger partial charge >= 0.3 is 6.09 Å². The van der Waals surface area contributed by atoms with Crippen LogP contribution >= 0.6 is 0 Å². The van der Waals surface area contributed by atoms with Gasteiger partial charge in [0.2, 0.25) is 0 Å². The third kappa shape index (κ3) is 7.38. The molecule has 2 saturated heterocycles. The predicted octanol–water partition coefficient (Wildman–Crippen LogP) is 6.74. The van der Waals surface area contributed by atoms with Crippen LogP contribution in [0.15, 0.2) is 11.6 Å². The maximum atomic E-state index is 14.2. The van der Waals surface area contributed by atoms with Crippen molar-refractivity contribution in [2.24, 2.45) is 46.3 Å². The van der Waals surface area contributed by atoms with Crippen LogP contribution in [0.1, 0.15) is 138 Å². The zero-order valence-electron chi connectivity index (χ0n) is 31.5. The van der Waals surface area contributed by atoms with Crippen LogP contribution in [-0.4, -0.2) is 55.3 Å². The molecule has 9 heteroatoms. The molecule has 10 atom stereocenters. The molecule has 274 valence electrons. The van der Waals surface area contributed by atoms with Crippen LogP contribution in [0, 0.1) is 46.3 Å². The topological polar surface area (TPSA) is 102 Å². The third-order valence-electron chi connectivity index (χ3n) is 14.3. The predicted molar refractivity (Wildman–Crippen MR) is 194 cm³/mol. The van der Waals surface area contributed by atoms with Gasteiger partial charge < -0.3 is 4.74 Å². The molecule has 0 spiro atoms. The normalized spacial score (nSPS) is 36.9. The number of allylic oxidation sites excluding steroid dienone is 1. The van der Waals surface area contributed by atoms with Crippen molar-refractivity contribution in [1.29, 1.82) is 0 Å². The quantitative estimate of drug-likeness (QED) is 0.0842. The Labute approximate surface area is 292 Å². The molecule has 0 aromatic carbocycles. The van der Waals surface area contributed by atoms with E-state index in [1.165, 1.54) is 51.4 Å². The second-order valence-corrected chi connectivity index (χ2v) is 17.5. The van der Waals surface area contributed by atoms with E-state index in [1.807, 2.05) is 4.90 Å². The number of hydrogen-bond donors (Lipinski definition) is 6. The van der Waals surface area contributed by atoms with E-state index in [1.54, 1.807) is 5.57 Å². The van der Waals surface area contributed by atoms with Crippen molar-refractivity contribution in [3.05, 3.63) is 11.6 Å². The van der Waals surface area contributed by atoms with Crippen LogP contribution in [0.2, 0.25) is 0 Å². The molecule has 6 aliphatic rings. The number of hydrogen-bond acceptors (Lipinski definition) is 8. The molecule has 5 fully saturated rings. The Kier molecular flexibility index (Phi) is 11.9. The first-order valence-electron chi connectivity index (χ1n) is 20.2. The summed E-state index contributed by atoms with van der Waals surface area (Å²) in [5.74, 6) is 5.03. The van der Waals surface area contributed by atoms with Crippen LogP contribution in [0.4, 0.5) is 4.79 Å². The van der Waals surface area contributed by atoms with Crippen molar-refractivity contribution >= 4 is 6.09 Å². The highest BCUT2D eigenvalue weighted by atomic mass is 16.6. The minimum Gasteiger partial charge on any atom is -0.446 e. The molecule has 0 radical (unpaired) electrons. The molecule has 2 heterocycles. The van der Waals surface area contributed by atoms with E-state index in [0.29, 0.717) is 5.41 Å². The lowest BCUT2D eigenvalue weighted by Crippen LogP contribution is -2.74. The Morgan fingerprint density at radius 1 is 0.917 bits per heavy atom. The Morgan fingerprint density at radius 3 is 2.25 bits per heavy atom. The van der Waals surface area contributed by atoms with Crippen LogP contribution in [-0.2, 0) is 4.74 Å². The maximum absolute atomic E-state index is 14.2. The summed E-state index contributed by atoms with van der Waals surface area (Å²) in [6, 6.07) is 0. The lowest BCUT2D eigenvalue weighted by Gasteiger charge is -2.58. The standard InChI is InChI=1S/C39H71N7O2/c1-8-11-34(45-36-42-24-43-36)46(33(9-2)44-35-40-23-41-35)37(47)48-28-18-20-38(6)27(22-28)14-15-29-31-17-16-30(26(5)13-10-12-25(3)4)39(31,7)21-19-32(29)38/h14,25-26,28-36,40-45H,8-13,15-24H2,1-7H3. The molecular formula is C39H71N7O2. The molecule has 2 aliphatic heterocycles. The minimum atomic E-state index is -0.199. The molecule has 6 rings (SSSR count). The molecule has 0 aromatic heterocycles. The summed E-state index contributed by atoms with van der Waals surface area (Å²) >= 11 is 0. The fourth-order valence-electron chi connectivity index (χ4n) is 11.4. The zero-order valence-corrected chi connectivity index (χ0v) is 31.5. The number of rotatable bonds is 15. The van der Waals surface area contributed by atoms with Gasteiger partial charge in [-0.05, 0) is 104 Å². The zero-order chi connectivity index (χ0) is 34.1. The lowest BCUT2D eigenvalue weighted by atomic mass is 9.47. The van der Waals surface area contributed by atoms with Crippen molar-refractivity contribution in [2.75, 3.05) is 13.3 Å². The van der Waals surface area contributed by atoms with Crippen LogP contribution in [0.25, 0.3) is 0 Å². The first-order valence-corrected chi connectivity index (χ1v) is 20.2. The maximum Gasteiger partial charge on any atom is 0.412 e. The molecular weight excluding hydrogens is 598 g/mol. The van der Waals surface area contributed by atoms with E-state index >= 15 is 0 Å². The highest BCUT2D eigenvalue weighted by molar-refractivity contribution is 5.68. The van der Waals surface area contributed by atoms with Gasteiger partial charge in [-0.3, -0.25) is 36.8 Å². The molecule has 6 N–H and O–H groups in total. The summed E-state index contributed by atoms with van der Waals surface area (Å²) in [7, 11) is 0. The summed E-state index contributed by atoms with van der Waals surface area (Å²) in [5.41, 5.74) is 2.34. The molecule has 3 saturated carbocycles. The summed E-state index contributed by atoms with van der Waals surface area (Å²) in [4.78, 5) is 16.2. The highest BCUT2D eigenvalue weighted by Crippen LogP contribution is 2.67. The number of ether oxygens (including phenoxy) is 1. The van der Waals surface area contributed by atoms with Gasteiger partial charge in [0, 0.05) is 6.42 Å². The van der Waals surface area contributed by atoms with Gasteiger partial charge in [-0.2, -0.15) is 0 Å². The van der Waals surface area contributed by atoms with Crippen LogP contribution < -0.4 is 31.9 Å². The summed E-state index contributed by atoms with van der Waals surface area (Å²) in [6.45, 7) is 18.5. The average molecular weight is 670 g/mol. The first kappa shape index (κ1) is 36.6. The molecule has 48 heavy (non-hydrogen) atoms. The Morgan fingerprint density at radius 2 is 1.62 bits per heavy atom. The molecule has 0 bridgehead atoms. The highest BCUT2D eigenvalue weighted by Gasteiger charge is 2.59. The van der Waals surface area contributed by atoms with Crippen molar-refractivity contribution < 1.29 is 9.53 Å². The van der Waals surface area contributed by atoms with Crippen molar-refractivity contribution in [1.82, 2.24) is 36.8 Å². The molecule has 10 unspecified atom stereocenters. The van der Waals surface area contributed by atoms with Crippen molar-refractivity contribution in [3.8, 4) is 0 Å². The van der Waals surface area contributed by atoms with Gasteiger partial charge in [-0.25, -0.2) is 4.79 Å². The van der Waals surface area contributed by atoms with Crippen LogP contribution in [0.3, 0.4) is 0 Å². The van der Waals surface area contributed by atoms with Gasteiger partial charge in [0.1, 0.15) is 18.7 Å². The van der Waals surface area contributed by atoms with Gasteiger partial charge in [0.15, 0.2) is 0 Å². The largest absolute Gasteiger partial charge is 0.446 e. The van der Waals surface area contributed by atoms with Gasteiger partial charge in [0.05, 0.1) is 25.7 Å². The smallest absolute Gasteiger partial charge is 0.412 e. The van der Waals surface area contributed by atoms with Crippen molar-refractivity contribution in [2.45, 2.75) is 169 Å². The average Bonchev–Trinajstić information content (AvgIpc) is 3.37. The molecule has 0 aromatic rings. The van der Waals surface area contributed by atoms with Gasteiger partial charge in [0.25, 0.3) is 0 Å². The van der Waals surface area contributed by atoms with E-state index in [4.69, 9.17) is 4.74 Å². The van der Waals surface area contributed by atoms with E-state index in [9.17, 15) is 4.79 Å². The first-order chi connectivity index (χ1) is 23.1. The van der Waals surface area contributed by atoms with E-state index < -0.39 is 0 Å². The van der Waals surface area contributed by atoms with E-state index in [2.05, 4.69) is 86.4 Å². The van der Waals surface area contributed by atoms with Gasteiger partial charge in [-0.1, -0.05) is 85.8 Å². The van der Waals surface area contributed by atoms with E-state index in [0.717, 1.165) is 87.4 Å². The Hall–Kier alpha value is -1.23. The summed E-state index contributed by atoms with van der Waals surface area (Å²) < 4.78 is 6.52. The molecule has 9 nitrogen and oxygen atoms in total. The number of fused-ring (bicyclic) bond motifs is 5. The Balaban J connectivity index is 1.12. The number of nitrogens with one attached hydrogen (secondary N) is 6. The van der Waals surface area contributed by atoms with Gasteiger partial charge in [-0.15, -0.1) is 0 Å². The van der Waals surface area contributed by atoms with E-state index in [-0.39, 0.29) is 42.5 Å².